The van der Waals surface area contributed by atoms with Crippen molar-refractivity contribution in [2.45, 2.75) is 52.9 Å². The zero-order chi connectivity index (χ0) is 12.8. The summed E-state index contributed by atoms with van der Waals surface area (Å²) in [4.78, 5) is 21.7. The van der Waals surface area contributed by atoms with Crippen LogP contribution in [0.15, 0.2) is 0 Å². The van der Waals surface area contributed by atoms with E-state index in [9.17, 15) is 9.59 Å². The first kappa shape index (κ1) is 19.1. The zero-order valence-corrected chi connectivity index (χ0v) is 10.3. The highest BCUT2D eigenvalue weighted by molar-refractivity contribution is 5.92. The van der Waals surface area contributed by atoms with Crippen molar-refractivity contribution in [2.75, 3.05) is 0 Å². The SMILES string of the molecule is CCCC(C)(CCC)CC(C(=O)O)C(=O)O.[MgH2]. The van der Waals surface area contributed by atoms with Gasteiger partial charge in [-0.25, -0.2) is 0 Å². The summed E-state index contributed by atoms with van der Waals surface area (Å²) in [7, 11) is 0. The van der Waals surface area contributed by atoms with Gasteiger partial charge < -0.3 is 10.2 Å². The topological polar surface area (TPSA) is 74.6 Å². The molecule has 0 aromatic rings. The summed E-state index contributed by atoms with van der Waals surface area (Å²) in [5.74, 6) is -3.74. The van der Waals surface area contributed by atoms with Crippen molar-refractivity contribution in [2.24, 2.45) is 11.3 Å². The van der Waals surface area contributed by atoms with E-state index in [-0.39, 0.29) is 34.9 Å². The second-order valence-electron chi connectivity index (χ2n) is 4.74. The quantitative estimate of drug-likeness (QED) is 0.513. The molecule has 0 bridgehead atoms. The van der Waals surface area contributed by atoms with E-state index in [0.717, 1.165) is 25.7 Å². The monoisotopic (exact) mass is 256 g/mol. The van der Waals surface area contributed by atoms with Crippen LogP contribution in [0.2, 0.25) is 0 Å². The Hall–Kier alpha value is -0.294. The molecule has 0 aromatic heterocycles. The Morgan fingerprint density at radius 2 is 1.41 bits per heavy atom. The molecule has 0 saturated carbocycles. The highest BCUT2D eigenvalue weighted by atomic mass is 24.3. The number of hydrogen-bond acceptors (Lipinski definition) is 2. The van der Waals surface area contributed by atoms with Crippen molar-refractivity contribution in [3.8, 4) is 0 Å². The molecule has 0 atom stereocenters. The molecule has 0 rings (SSSR count). The van der Waals surface area contributed by atoms with E-state index in [1.807, 2.05) is 20.8 Å². The molecule has 0 heterocycles. The minimum Gasteiger partial charge on any atom is -0.481 e. The van der Waals surface area contributed by atoms with Crippen molar-refractivity contribution in [1.29, 1.82) is 0 Å². The van der Waals surface area contributed by atoms with Gasteiger partial charge in [0.2, 0.25) is 0 Å². The lowest BCUT2D eigenvalue weighted by atomic mass is 9.74. The molecule has 0 unspecified atom stereocenters. The standard InChI is InChI=1S/C12H22O4.Mg.2H/c1-4-6-12(3,7-5-2)8-9(10(13)14)11(15)16;;;/h9H,4-8H2,1-3H3,(H,13,14)(H,15,16);;;. The van der Waals surface area contributed by atoms with Gasteiger partial charge in [0.15, 0.2) is 5.92 Å². The predicted octanol–water partition coefficient (Wildman–Crippen LogP) is 1.85. The van der Waals surface area contributed by atoms with Gasteiger partial charge in [0.05, 0.1) is 0 Å². The number of carboxylic acids is 2. The summed E-state index contributed by atoms with van der Waals surface area (Å²) in [5, 5.41) is 17.7. The second-order valence-corrected chi connectivity index (χ2v) is 4.74. The first-order valence-electron chi connectivity index (χ1n) is 5.82. The average molecular weight is 257 g/mol. The molecule has 0 spiro atoms. The molecule has 0 aliphatic heterocycles. The van der Waals surface area contributed by atoms with Crippen LogP contribution in [0.1, 0.15) is 52.9 Å². The van der Waals surface area contributed by atoms with Crippen molar-refractivity contribution in [3.63, 3.8) is 0 Å². The van der Waals surface area contributed by atoms with Crippen LogP contribution in [0.5, 0.6) is 0 Å². The highest BCUT2D eigenvalue weighted by Crippen LogP contribution is 2.36. The number of carboxylic acid groups (broad SMARTS) is 2. The van der Waals surface area contributed by atoms with Crippen LogP contribution in [-0.2, 0) is 9.59 Å². The largest absolute Gasteiger partial charge is 0.481 e. The van der Waals surface area contributed by atoms with Gasteiger partial charge in [-0.05, 0) is 24.7 Å². The van der Waals surface area contributed by atoms with Gasteiger partial charge in [-0.3, -0.25) is 9.59 Å². The summed E-state index contributed by atoms with van der Waals surface area (Å²) in [6.45, 7) is 6.05. The number of rotatable bonds is 8. The maximum atomic E-state index is 10.8. The van der Waals surface area contributed by atoms with Gasteiger partial charge in [-0.15, -0.1) is 0 Å². The van der Waals surface area contributed by atoms with Gasteiger partial charge in [-0.1, -0.05) is 33.6 Å². The third-order valence-corrected chi connectivity index (χ3v) is 3.00. The van der Waals surface area contributed by atoms with Crippen molar-refractivity contribution in [3.05, 3.63) is 0 Å². The predicted molar refractivity (Wildman–Crippen MR) is 69.8 cm³/mol. The molecule has 5 heteroatoms. The molecule has 98 valence electrons. The molecule has 2 N–H and O–H groups in total. The maximum absolute atomic E-state index is 10.8. The Labute approximate surface area is 119 Å². The van der Waals surface area contributed by atoms with Gasteiger partial charge in [-0.2, -0.15) is 0 Å². The zero-order valence-electron chi connectivity index (χ0n) is 10.3. The number of carbonyl (C=O) groups is 2. The van der Waals surface area contributed by atoms with Crippen LogP contribution in [0.4, 0.5) is 0 Å². The fourth-order valence-corrected chi connectivity index (χ4v) is 2.31. The third-order valence-electron chi connectivity index (χ3n) is 3.00. The summed E-state index contributed by atoms with van der Waals surface area (Å²) < 4.78 is 0. The fourth-order valence-electron chi connectivity index (χ4n) is 2.31. The van der Waals surface area contributed by atoms with Gasteiger partial charge >= 0.3 is 35.0 Å². The molecule has 4 nitrogen and oxygen atoms in total. The number of hydrogen-bond donors (Lipinski definition) is 2. The first-order chi connectivity index (χ1) is 7.36. The smallest absolute Gasteiger partial charge is 0.317 e. The third kappa shape index (κ3) is 6.88. The van der Waals surface area contributed by atoms with E-state index >= 15 is 0 Å². The van der Waals surface area contributed by atoms with E-state index in [1.165, 1.54) is 0 Å². The Balaban J connectivity index is 0. The molecular formula is C12H24MgO4. The number of aliphatic carboxylic acids is 2. The minimum absolute atomic E-state index is 0. The Morgan fingerprint density at radius 3 is 1.65 bits per heavy atom. The Morgan fingerprint density at radius 1 is 1.06 bits per heavy atom. The van der Waals surface area contributed by atoms with Crippen LogP contribution in [0.3, 0.4) is 0 Å². The summed E-state index contributed by atoms with van der Waals surface area (Å²) >= 11 is 0. The van der Waals surface area contributed by atoms with Crippen LogP contribution >= 0.6 is 0 Å². The normalized spacial score (nSPS) is 11.1. The fraction of sp³-hybridized carbons (Fsp3) is 0.833. The van der Waals surface area contributed by atoms with Crippen LogP contribution in [0, 0.1) is 11.3 Å². The molecule has 0 aliphatic carbocycles. The van der Waals surface area contributed by atoms with Gasteiger partial charge in [0, 0.05) is 0 Å². The molecule has 0 radical (unpaired) electrons. The van der Waals surface area contributed by atoms with Crippen molar-refractivity contribution in [1.82, 2.24) is 0 Å². The maximum Gasteiger partial charge on any atom is 0.317 e. The molecule has 0 amide bonds. The van der Waals surface area contributed by atoms with Crippen molar-refractivity contribution < 1.29 is 19.8 Å². The van der Waals surface area contributed by atoms with Crippen LogP contribution in [0.25, 0.3) is 0 Å². The van der Waals surface area contributed by atoms with E-state index in [4.69, 9.17) is 10.2 Å². The minimum atomic E-state index is -1.27. The molecular weight excluding hydrogens is 232 g/mol. The lowest BCUT2D eigenvalue weighted by Gasteiger charge is -2.30. The van der Waals surface area contributed by atoms with Crippen LogP contribution < -0.4 is 0 Å². The van der Waals surface area contributed by atoms with Crippen LogP contribution in [-0.4, -0.2) is 45.2 Å². The highest BCUT2D eigenvalue weighted by Gasteiger charge is 2.34. The summed E-state index contributed by atoms with van der Waals surface area (Å²) in [6.07, 6.45) is 3.86. The Kier molecular flexibility index (Phi) is 9.80. The van der Waals surface area contributed by atoms with Gasteiger partial charge in [0.25, 0.3) is 0 Å². The summed E-state index contributed by atoms with van der Waals surface area (Å²) in [5.41, 5.74) is -0.176. The Bertz CT molecular complexity index is 233. The molecule has 0 aromatic carbocycles. The first-order valence-corrected chi connectivity index (χ1v) is 5.82. The lowest BCUT2D eigenvalue weighted by molar-refractivity contribution is -0.156. The molecule has 0 aliphatic rings. The second kappa shape index (κ2) is 8.75. The van der Waals surface area contributed by atoms with E-state index in [1.54, 1.807) is 0 Å². The van der Waals surface area contributed by atoms with Gasteiger partial charge in [0.1, 0.15) is 0 Å². The van der Waals surface area contributed by atoms with E-state index in [0.29, 0.717) is 0 Å². The summed E-state index contributed by atoms with van der Waals surface area (Å²) in [6, 6.07) is 0. The molecule has 0 fully saturated rings. The lowest BCUT2D eigenvalue weighted by Crippen LogP contribution is -2.30. The van der Waals surface area contributed by atoms with E-state index < -0.39 is 17.9 Å². The average Bonchev–Trinajstić information content (AvgIpc) is 2.14. The van der Waals surface area contributed by atoms with E-state index in [2.05, 4.69) is 0 Å². The van der Waals surface area contributed by atoms with Crippen molar-refractivity contribution >= 4 is 35.0 Å². The molecule has 17 heavy (non-hydrogen) atoms. The molecule has 0 saturated heterocycles.